The van der Waals surface area contributed by atoms with Gasteiger partial charge in [-0.05, 0) is 46.5 Å². The number of carboxylic acid groups (broad SMARTS) is 1. The summed E-state index contributed by atoms with van der Waals surface area (Å²) in [6.45, 7) is 8.79. The van der Waals surface area contributed by atoms with Crippen LogP contribution in [0.3, 0.4) is 0 Å². The van der Waals surface area contributed by atoms with Gasteiger partial charge in [-0.15, -0.1) is 0 Å². The zero-order valence-electron chi connectivity index (χ0n) is 12.5. The number of urea groups is 1. The van der Waals surface area contributed by atoms with Crippen LogP contribution in [0.1, 0.15) is 53.4 Å². The molecule has 0 aromatic heterocycles. The fraction of sp³-hybridized carbons (Fsp3) is 0.857. The van der Waals surface area contributed by atoms with Crippen molar-refractivity contribution in [3.8, 4) is 0 Å². The zero-order valence-corrected chi connectivity index (χ0v) is 12.5. The minimum atomic E-state index is -1.06. The molecule has 2 atom stereocenters. The lowest BCUT2D eigenvalue weighted by atomic mass is 9.88. The number of likely N-dealkylation sites (tertiary alicyclic amines) is 1. The van der Waals surface area contributed by atoms with E-state index in [2.05, 4.69) is 0 Å². The van der Waals surface area contributed by atoms with Gasteiger partial charge in [-0.2, -0.15) is 0 Å². The number of carbonyl (C=O) groups excluding carboxylic acids is 1. The molecule has 5 heteroatoms. The maximum absolute atomic E-state index is 12.6. The summed E-state index contributed by atoms with van der Waals surface area (Å²) in [6.07, 6.45) is 3.15. The minimum Gasteiger partial charge on any atom is -0.480 e. The first kappa shape index (κ1) is 15.8. The first-order valence-electron chi connectivity index (χ1n) is 7.20. The van der Waals surface area contributed by atoms with Gasteiger partial charge in [0, 0.05) is 19.1 Å². The summed E-state index contributed by atoms with van der Waals surface area (Å²) in [4.78, 5) is 27.5. The number of aliphatic carboxylic acids is 1. The van der Waals surface area contributed by atoms with Crippen LogP contribution in [0.5, 0.6) is 0 Å². The van der Waals surface area contributed by atoms with Crippen LogP contribution in [-0.4, -0.2) is 51.6 Å². The SMILES string of the molecule is CCC(C)N(CC)C(=O)N1CCCCC1(C)C(=O)O. The predicted octanol–water partition coefficient (Wildman–Crippen LogP) is 2.56. The molecule has 1 heterocycles. The van der Waals surface area contributed by atoms with Crippen molar-refractivity contribution < 1.29 is 14.7 Å². The maximum Gasteiger partial charge on any atom is 0.329 e. The minimum absolute atomic E-state index is 0.137. The summed E-state index contributed by atoms with van der Waals surface area (Å²) >= 11 is 0. The lowest BCUT2D eigenvalue weighted by Crippen LogP contribution is -2.61. The summed E-state index contributed by atoms with van der Waals surface area (Å²) in [5.74, 6) is -0.902. The molecule has 0 radical (unpaired) electrons. The molecule has 0 spiro atoms. The van der Waals surface area contributed by atoms with E-state index in [0.717, 1.165) is 19.3 Å². The van der Waals surface area contributed by atoms with Gasteiger partial charge in [-0.25, -0.2) is 9.59 Å². The molecule has 1 rings (SSSR count). The van der Waals surface area contributed by atoms with Crippen molar-refractivity contribution in [2.24, 2.45) is 0 Å². The maximum atomic E-state index is 12.6. The standard InChI is InChI=1S/C14H26N2O3/c1-5-11(3)15(6-2)13(19)16-10-8-7-9-14(16,4)12(17)18/h11H,5-10H2,1-4H3,(H,17,18). The molecule has 1 aliphatic heterocycles. The Morgan fingerprint density at radius 1 is 1.37 bits per heavy atom. The topological polar surface area (TPSA) is 60.9 Å². The second kappa shape index (κ2) is 6.26. The first-order chi connectivity index (χ1) is 8.88. The Morgan fingerprint density at radius 3 is 2.47 bits per heavy atom. The molecule has 5 nitrogen and oxygen atoms in total. The van der Waals surface area contributed by atoms with Crippen molar-refractivity contribution in [1.82, 2.24) is 9.80 Å². The molecule has 1 N–H and O–H groups in total. The largest absolute Gasteiger partial charge is 0.480 e. The van der Waals surface area contributed by atoms with Crippen LogP contribution in [-0.2, 0) is 4.79 Å². The molecule has 2 amide bonds. The molecule has 0 saturated carbocycles. The van der Waals surface area contributed by atoms with E-state index in [4.69, 9.17) is 0 Å². The second-order valence-corrected chi connectivity index (χ2v) is 5.51. The van der Waals surface area contributed by atoms with E-state index < -0.39 is 11.5 Å². The lowest BCUT2D eigenvalue weighted by molar-refractivity contribution is -0.151. The molecule has 2 unspecified atom stereocenters. The number of nitrogens with zero attached hydrogens (tertiary/aromatic N) is 2. The molecule has 0 bridgehead atoms. The molecule has 0 aliphatic carbocycles. The summed E-state index contributed by atoms with van der Waals surface area (Å²) in [7, 11) is 0. The van der Waals surface area contributed by atoms with Crippen molar-refractivity contribution >= 4 is 12.0 Å². The number of hydrogen-bond donors (Lipinski definition) is 1. The number of hydrogen-bond acceptors (Lipinski definition) is 2. The van der Waals surface area contributed by atoms with Crippen LogP contribution in [0.15, 0.2) is 0 Å². The molecule has 1 aliphatic rings. The summed E-state index contributed by atoms with van der Waals surface area (Å²) in [5.41, 5.74) is -1.06. The van der Waals surface area contributed by atoms with Gasteiger partial charge in [0.05, 0.1) is 0 Å². The highest BCUT2D eigenvalue weighted by Crippen LogP contribution is 2.29. The van der Waals surface area contributed by atoms with Crippen LogP contribution in [0.2, 0.25) is 0 Å². The van der Waals surface area contributed by atoms with Gasteiger partial charge in [0.1, 0.15) is 5.54 Å². The van der Waals surface area contributed by atoms with E-state index in [9.17, 15) is 14.7 Å². The number of carbonyl (C=O) groups is 2. The highest BCUT2D eigenvalue weighted by Gasteiger charge is 2.45. The van der Waals surface area contributed by atoms with E-state index in [1.807, 2.05) is 20.8 Å². The third-order valence-corrected chi connectivity index (χ3v) is 4.29. The van der Waals surface area contributed by atoms with Crippen LogP contribution in [0.4, 0.5) is 4.79 Å². The number of amides is 2. The molecule has 0 aromatic rings. The van der Waals surface area contributed by atoms with Crippen LogP contribution >= 0.6 is 0 Å². The van der Waals surface area contributed by atoms with Gasteiger partial charge in [-0.1, -0.05) is 6.92 Å². The second-order valence-electron chi connectivity index (χ2n) is 5.51. The average Bonchev–Trinajstić information content (AvgIpc) is 2.39. The number of rotatable bonds is 4. The monoisotopic (exact) mass is 270 g/mol. The third-order valence-electron chi connectivity index (χ3n) is 4.29. The van der Waals surface area contributed by atoms with E-state index >= 15 is 0 Å². The molecule has 1 saturated heterocycles. The smallest absolute Gasteiger partial charge is 0.329 e. The molecular formula is C14H26N2O3. The zero-order chi connectivity index (χ0) is 14.6. The van der Waals surface area contributed by atoms with Gasteiger partial charge in [0.15, 0.2) is 0 Å². The molecule has 19 heavy (non-hydrogen) atoms. The Kier molecular flexibility index (Phi) is 5.20. The molecular weight excluding hydrogens is 244 g/mol. The van der Waals surface area contributed by atoms with Gasteiger partial charge < -0.3 is 14.9 Å². The number of carboxylic acids is 1. The fourth-order valence-corrected chi connectivity index (χ4v) is 2.66. The highest BCUT2D eigenvalue weighted by molar-refractivity contribution is 5.86. The van der Waals surface area contributed by atoms with Crippen molar-refractivity contribution in [1.29, 1.82) is 0 Å². The quantitative estimate of drug-likeness (QED) is 0.854. The summed E-state index contributed by atoms with van der Waals surface area (Å²) in [5, 5.41) is 9.45. The molecule has 110 valence electrons. The molecule has 0 aromatic carbocycles. The Bertz CT molecular complexity index is 346. The van der Waals surface area contributed by atoms with Crippen molar-refractivity contribution in [2.75, 3.05) is 13.1 Å². The summed E-state index contributed by atoms with van der Waals surface area (Å²) < 4.78 is 0. The predicted molar refractivity (Wildman–Crippen MR) is 74.1 cm³/mol. The Morgan fingerprint density at radius 2 is 2.00 bits per heavy atom. The normalized spacial score (nSPS) is 24.9. The first-order valence-corrected chi connectivity index (χ1v) is 7.20. The van der Waals surface area contributed by atoms with Crippen molar-refractivity contribution in [3.63, 3.8) is 0 Å². The Labute approximate surface area is 115 Å². The highest BCUT2D eigenvalue weighted by atomic mass is 16.4. The average molecular weight is 270 g/mol. The molecule has 1 fully saturated rings. The lowest BCUT2D eigenvalue weighted by Gasteiger charge is -2.44. The number of piperidine rings is 1. The van der Waals surface area contributed by atoms with E-state index in [-0.39, 0.29) is 12.1 Å². The van der Waals surface area contributed by atoms with E-state index in [1.165, 1.54) is 0 Å². The van der Waals surface area contributed by atoms with Gasteiger partial charge in [0.25, 0.3) is 0 Å². The van der Waals surface area contributed by atoms with Crippen LogP contribution in [0, 0.1) is 0 Å². The van der Waals surface area contributed by atoms with Gasteiger partial charge in [-0.3, -0.25) is 0 Å². The fourth-order valence-electron chi connectivity index (χ4n) is 2.66. The van der Waals surface area contributed by atoms with Gasteiger partial charge in [0.2, 0.25) is 0 Å². The van der Waals surface area contributed by atoms with Crippen molar-refractivity contribution in [2.45, 2.75) is 65.0 Å². The third kappa shape index (κ3) is 3.01. The Balaban J connectivity index is 2.97. The van der Waals surface area contributed by atoms with Gasteiger partial charge >= 0.3 is 12.0 Å². The van der Waals surface area contributed by atoms with Crippen LogP contribution in [0.25, 0.3) is 0 Å². The Hall–Kier alpha value is -1.26. The van der Waals surface area contributed by atoms with Crippen LogP contribution < -0.4 is 0 Å². The van der Waals surface area contributed by atoms with E-state index in [0.29, 0.717) is 19.5 Å². The van der Waals surface area contributed by atoms with Crippen molar-refractivity contribution in [3.05, 3.63) is 0 Å². The summed E-state index contributed by atoms with van der Waals surface area (Å²) in [6, 6.07) is -0.000999. The van der Waals surface area contributed by atoms with E-state index in [1.54, 1.807) is 16.7 Å².